The first-order valence-electron chi connectivity index (χ1n) is 8.66. The number of nitrogens with zero attached hydrogens (tertiary/aromatic N) is 2. The number of carbonyl (C=O) groups is 1. The molecule has 128 valence electrons. The molecule has 0 unspecified atom stereocenters. The molecule has 0 saturated carbocycles. The third-order valence-electron chi connectivity index (χ3n) is 5.24. The zero-order chi connectivity index (χ0) is 16.1. The second-order valence-corrected chi connectivity index (χ2v) is 6.62. The van der Waals surface area contributed by atoms with E-state index in [0.717, 1.165) is 63.8 Å². The minimum atomic E-state index is -0.166. The highest BCUT2D eigenvalue weighted by atomic mass is 16.5. The van der Waals surface area contributed by atoms with Gasteiger partial charge in [-0.15, -0.1) is 0 Å². The summed E-state index contributed by atoms with van der Waals surface area (Å²) in [5.74, 6) is 0.258. The Morgan fingerprint density at radius 2 is 2.35 bits per heavy atom. The van der Waals surface area contributed by atoms with E-state index in [1.165, 1.54) is 0 Å². The van der Waals surface area contributed by atoms with Crippen LogP contribution in [-0.4, -0.2) is 59.5 Å². The average molecular weight is 321 g/mol. The molecule has 3 rings (SSSR count). The number of hydrogen-bond acceptors (Lipinski definition) is 4. The standard InChI is InChI=1S/C17H27N3O3/c1-22-15-5-3-11-23-17(15)7-9-20(10-8-17)16(21)6-2-4-14-12-18-19-13-14/h12-13,15H,2-11H2,1H3,(H,18,19)/t15-/m1/s1. The normalized spacial score (nSPS) is 24.0. The van der Waals surface area contributed by atoms with Gasteiger partial charge in [-0.1, -0.05) is 0 Å². The molecule has 23 heavy (non-hydrogen) atoms. The fourth-order valence-corrected chi connectivity index (χ4v) is 3.85. The van der Waals surface area contributed by atoms with E-state index < -0.39 is 0 Å². The molecule has 3 heterocycles. The zero-order valence-electron chi connectivity index (χ0n) is 13.9. The van der Waals surface area contributed by atoms with E-state index in [-0.39, 0.29) is 17.6 Å². The van der Waals surface area contributed by atoms with Crippen LogP contribution in [0.1, 0.15) is 44.1 Å². The molecule has 0 bridgehead atoms. The van der Waals surface area contributed by atoms with Crippen molar-refractivity contribution in [2.24, 2.45) is 0 Å². The third kappa shape index (κ3) is 3.75. The van der Waals surface area contributed by atoms with Gasteiger partial charge in [-0.2, -0.15) is 5.10 Å². The Kier molecular flexibility index (Phi) is 5.33. The summed E-state index contributed by atoms with van der Waals surface area (Å²) in [5, 5.41) is 6.73. The van der Waals surface area contributed by atoms with Crippen molar-refractivity contribution in [2.75, 3.05) is 26.8 Å². The van der Waals surface area contributed by atoms with Gasteiger partial charge in [0.25, 0.3) is 0 Å². The number of hydrogen-bond donors (Lipinski definition) is 1. The van der Waals surface area contributed by atoms with Crippen molar-refractivity contribution in [3.63, 3.8) is 0 Å². The highest BCUT2D eigenvalue weighted by molar-refractivity contribution is 5.76. The first kappa shape index (κ1) is 16.5. The van der Waals surface area contributed by atoms with Gasteiger partial charge in [0.2, 0.25) is 5.91 Å². The smallest absolute Gasteiger partial charge is 0.222 e. The molecule has 0 aromatic carbocycles. The number of aromatic amines is 1. The summed E-state index contributed by atoms with van der Waals surface area (Å²) in [4.78, 5) is 14.4. The molecule has 1 atom stereocenters. The summed E-state index contributed by atoms with van der Waals surface area (Å²) in [7, 11) is 1.77. The zero-order valence-corrected chi connectivity index (χ0v) is 13.9. The number of aromatic nitrogens is 2. The van der Waals surface area contributed by atoms with Crippen LogP contribution >= 0.6 is 0 Å². The quantitative estimate of drug-likeness (QED) is 0.900. The van der Waals surface area contributed by atoms with E-state index >= 15 is 0 Å². The number of carbonyl (C=O) groups excluding carboxylic acids is 1. The van der Waals surface area contributed by atoms with Crippen LogP contribution < -0.4 is 0 Å². The summed E-state index contributed by atoms with van der Waals surface area (Å²) in [5.41, 5.74) is 0.995. The Morgan fingerprint density at radius 1 is 1.52 bits per heavy atom. The Labute approximate surface area is 137 Å². The Hall–Kier alpha value is -1.40. The van der Waals surface area contributed by atoms with Crippen LogP contribution in [0.5, 0.6) is 0 Å². The van der Waals surface area contributed by atoms with E-state index in [4.69, 9.17) is 9.47 Å². The van der Waals surface area contributed by atoms with Crippen LogP contribution in [0.15, 0.2) is 12.4 Å². The fourth-order valence-electron chi connectivity index (χ4n) is 3.85. The number of likely N-dealkylation sites (tertiary alicyclic amines) is 1. The van der Waals surface area contributed by atoms with Crippen LogP contribution in [0.3, 0.4) is 0 Å². The van der Waals surface area contributed by atoms with E-state index in [1.54, 1.807) is 7.11 Å². The lowest BCUT2D eigenvalue weighted by Crippen LogP contribution is -2.56. The van der Waals surface area contributed by atoms with Gasteiger partial charge >= 0.3 is 0 Å². The van der Waals surface area contributed by atoms with Gasteiger partial charge in [-0.25, -0.2) is 0 Å². The first-order valence-corrected chi connectivity index (χ1v) is 8.66. The Morgan fingerprint density at radius 3 is 3.04 bits per heavy atom. The summed E-state index contributed by atoms with van der Waals surface area (Å²) in [6.07, 6.45) is 10.2. The van der Waals surface area contributed by atoms with Crippen molar-refractivity contribution in [3.8, 4) is 0 Å². The van der Waals surface area contributed by atoms with Gasteiger partial charge in [0.05, 0.1) is 17.9 Å². The molecular formula is C17H27N3O3. The van der Waals surface area contributed by atoms with Crippen molar-refractivity contribution in [1.82, 2.24) is 15.1 Å². The number of nitrogens with one attached hydrogen (secondary N) is 1. The maximum Gasteiger partial charge on any atom is 0.222 e. The predicted octanol–water partition coefficient (Wildman–Crippen LogP) is 1.92. The molecule has 0 radical (unpaired) electrons. The molecule has 6 heteroatoms. The monoisotopic (exact) mass is 321 g/mol. The molecular weight excluding hydrogens is 294 g/mol. The lowest BCUT2D eigenvalue weighted by molar-refractivity contribution is -0.188. The number of piperidine rings is 1. The third-order valence-corrected chi connectivity index (χ3v) is 5.24. The van der Waals surface area contributed by atoms with Gasteiger partial charge in [-0.05, 0) is 44.1 Å². The number of ether oxygens (including phenoxy) is 2. The number of H-pyrrole nitrogens is 1. The molecule has 0 aliphatic carbocycles. The molecule has 2 saturated heterocycles. The first-order chi connectivity index (χ1) is 11.2. The van der Waals surface area contributed by atoms with Crippen molar-refractivity contribution >= 4 is 5.91 Å². The summed E-state index contributed by atoms with van der Waals surface area (Å²) in [6.45, 7) is 2.38. The second kappa shape index (κ2) is 7.45. The summed E-state index contributed by atoms with van der Waals surface area (Å²) in [6, 6.07) is 0. The fraction of sp³-hybridized carbons (Fsp3) is 0.765. The lowest BCUT2D eigenvalue weighted by atomic mass is 9.81. The molecule has 1 aromatic heterocycles. The molecule has 2 aliphatic rings. The predicted molar refractivity (Wildman–Crippen MR) is 86.1 cm³/mol. The van der Waals surface area contributed by atoms with E-state index in [1.807, 2.05) is 17.3 Å². The second-order valence-electron chi connectivity index (χ2n) is 6.62. The van der Waals surface area contributed by atoms with Gasteiger partial charge in [0, 0.05) is 39.4 Å². The van der Waals surface area contributed by atoms with Crippen molar-refractivity contribution < 1.29 is 14.3 Å². The minimum absolute atomic E-state index is 0.166. The molecule has 2 fully saturated rings. The van der Waals surface area contributed by atoms with E-state index in [2.05, 4.69) is 10.2 Å². The molecule has 1 spiro atoms. The van der Waals surface area contributed by atoms with Crippen LogP contribution in [0.25, 0.3) is 0 Å². The number of methoxy groups -OCH3 is 1. The molecule has 1 N–H and O–H groups in total. The molecule has 6 nitrogen and oxygen atoms in total. The van der Waals surface area contributed by atoms with E-state index in [0.29, 0.717) is 6.42 Å². The highest BCUT2D eigenvalue weighted by Crippen LogP contribution is 2.36. The SMILES string of the molecule is CO[C@@H]1CCCOC12CCN(C(=O)CCCc1cn[nH]c1)CC2. The molecule has 1 amide bonds. The van der Waals surface area contributed by atoms with Gasteiger partial charge in [0.1, 0.15) is 0 Å². The minimum Gasteiger partial charge on any atom is -0.378 e. The number of aryl methyl sites for hydroxylation is 1. The molecule has 1 aromatic rings. The number of amides is 1. The Balaban J connectivity index is 1.45. The van der Waals surface area contributed by atoms with Crippen molar-refractivity contribution in [2.45, 2.75) is 56.7 Å². The largest absolute Gasteiger partial charge is 0.378 e. The van der Waals surface area contributed by atoms with Gasteiger partial charge in [0.15, 0.2) is 0 Å². The van der Waals surface area contributed by atoms with Crippen molar-refractivity contribution in [1.29, 1.82) is 0 Å². The van der Waals surface area contributed by atoms with Crippen LogP contribution in [0, 0.1) is 0 Å². The lowest BCUT2D eigenvalue weighted by Gasteiger charge is -2.48. The van der Waals surface area contributed by atoms with Gasteiger partial charge < -0.3 is 14.4 Å². The highest BCUT2D eigenvalue weighted by Gasteiger charge is 2.45. The topological polar surface area (TPSA) is 67.5 Å². The maximum atomic E-state index is 12.4. The molecule has 2 aliphatic heterocycles. The van der Waals surface area contributed by atoms with Crippen LogP contribution in [0.2, 0.25) is 0 Å². The maximum absolute atomic E-state index is 12.4. The number of rotatable bonds is 5. The van der Waals surface area contributed by atoms with Crippen molar-refractivity contribution in [3.05, 3.63) is 18.0 Å². The van der Waals surface area contributed by atoms with Crippen LogP contribution in [-0.2, 0) is 20.7 Å². The summed E-state index contributed by atoms with van der Waals surface area (Å²) < 4.78 is 11.7. The average Bonchev–Trinajstić information content (AvgIpc) is 3.09. The summed E-state index contributed by atoms with van der Waals surface area (Å²) >= 11 is 0. The van der Waals surface area contributed by atoms with Gasteiger partial charge in [-0.3, -0.25) is 9.89 Å². The van der Waals surface area contributed by atoms with Crippen LogP contribution in [0.4, 0.5) is 0 Å². The Bertz CT molecular complexity index is 495. The van der Waals surface area contributed by atoms with E-state index in [9.17, 15) is 4.79 Å².